The normalized spacial score (nSPS) is 12.2. The fourth-order valence-corrected chi connectivity index (χ4v) is 3.77. The molecule has 0 aliphatic rings. The van der Waals surface area contributed by atoms with Crippen molar-refractivity contribution in [3.63, 3.8) is 0 Å². The van der Waals surface area contributed by atoms with Crippen LogP contribution in [-0.4, -0.2) is 9.61 Å². The SMILES string of the molecule is c1ccc2c(c1)nn1c3ccccc3c3oc4ccccc4c3c21. The highest BCUT2D eigenvalue weighted by Gasteiger charge is 2.18. The Bertz CT molecular complexity index is 1300. The van der Waals surface area contributed by atoms with Gasteiger partial charge in [-0.3, -0.25) is 0 Å². The molecule has 0 spiro atoms. The van der Waals surface area contributed by atoms with Crippen molar-refractivity contribution < 1.29 is 4.42 Å². The highest BCUT2D eigenvalue weighted by Crippen LogP contribution is 2.39. The minimum absolute atomic E-state index is 0.913. The minimum atomic E-state index is 0.913. The number of benzene rings is 3. The molecule has 3 heteroatoms. The fraction of sp³-hybridized carbons (Fsp3) is 0. The summed E-state index contributed by atoms with van der Waals surface area (Å²) in [4.78, 5) is 0. The largest absolute Gasteiger partial charge is 0.455 e. The number of para-hydroxylation sites is 2. The van der Waals surface area contributed by atoms with Crippen molar-refractivity contribution in [2.75, 3.05) is 0 Å². The predicted octanol–water partition coefficient (Wildman–Crippen LogP) is 5.54. The average Bonchev–Trinajstić information content (AvgIpc) is 3.20. The van der Waals surface area contributed by atoms with E-state index in [1.807, 2.05) is 30.3 Å². The maximum atomic E-state index is 6.25. The molecular formula is C21H12N2O. The number of rotatable bonds is 0. The highest BCUT2D eigenvalue weighted by atomic mass is 16.3. The van der Waals surface area contributed by atoms with Gasteiger partial charge in [0.15, 0.2) is 0 Å². The van der Waals surface area contributed by atoms with Gasteiger partial charge in [0.2, 0.25) is 0 Å². The molecule has 0 atom stereocenters. The molecule has 0 fully saturated rings. The van der Waals surface area contributed by atoms with Crippen LogP contribution in [0.15, 0.2) is 77.2 Å². The third-order valence-corrected chi connectivity index (χ3v) is 4.79. The molecule has 112 valence electrons. The van der Waals surface area contributed by atoms with Crippen molar-refractivity contribution in [3.05, 3.63) is 72.8 Å². The molecule has 0 unspecified atom stereocenters. The van der Waals surface area contributed by atoms with Gasteiger partial charge in [0.25, 0.3) is 0 Å². The second-order valence-corrected chi connectivity index (χ2v) is 6.10. The number of hydrogen-bond acceptors (Lipinski definition) is 2. The van der Waals surface area contributed by atoms with Gasteiger partial charge in [-0.05, 0) is 24.3 Å². The maximum absolute atomic E-state index is 6.25. The highest BCUT2D eigenvalue weighted by molar-refractivity contribution is 6.25. The van der Waals surface area contributed by atoms with E-state index in [2.05, 4.69) is 47.0 Å². The maximum Gasteiger partial charge on any atom is 0.147 e. The zero-order chi connectivity index (χ0) is 15.7. The molecular weight excluding hydrogens is 296 g/mol. The van der Waals surface area contributed by atoms with Gasteiger partial charge in [0.05, 0.1) is 21.9 Å². The lowest BCUT2D eigenvalue weighted by atomic mass is 10.1. The minimum Gasteiger partial charge on any atom is -0.455 e. The van der Waals surface area contributed by atoms with E-state index in [0.717, 1.165) is 49.3 Å². The molecule has 3 nitrogen and oxygen atoms in total. The third-order valence-electron chi connectivity index (χ3n) is 4.79. The first-order chi connectivity index (χ1) is 11.9. The van der Waals surface area contributed by atoms with Gasteiger partial charge >= 0.3 is 0 Å². The summed E-state index contributed by atoms with van der Waals surface area (Å²) >= 11 is 0. The predicted molar refractivity (Wildman–Crippen MR) is 97.5 cm³/mol. The molecule has 0 N–H and O–H groups in total. The van der Waals surface area contributed by atoms with Crippen LogP contribution in [0.4, 0.5) is 0 Å². The van der Waals surface area contributed by atoms with Crippen molar-refractivity contribution in [2.24, 2.45) is 0 Å². The van der Waals surface area contributed by atoms with Gasteiger partial charge in [-0.1, -0.05) is 48.5 Å². The van der Waals surface area contributed by atoms with Crippen LogP contribution in [0.2, 0.25) is 0 Å². The van der Waals surface area contributed by atoms with Gasteiger partial charge in [-0.15, -0.1) is 0 Å². The van der Waals surface area contributed by atoms with Crippen molar-refractivity contribution in [2.45, 2.75) is 0 Å². The van der Waals surface area contributed by atoms with E-state index >= 15 is 0 Å². The van der Waals surface area contributed by atoms with Crippen LogP contribution < -0.4 is 0 Å². The van der Waals surface area contributed by atoms with Crippen LogP contribution in [0.1, 0.15) is 0 Å². The first-order valence-electron chi connectivity index (χ1n) is 8.01. The van der Waals surface area contributed by atoms with Gasteiger partial charge in [-0.25, -0.2) is 4.52 Å². The quantitative estimate of drug-likeness (QED) is 0.369. The second-order valence-electron chi connectivity index (χ2n) is 6.10. The van der Waals surface area contributed by atoms with E-state index in [1.165, 1.54) is 0 Å². The van der Waals surface area contributed by atoms with Crippen LogP contribution in [0.25, 0.3) is 49.3 Å². The standard InChI is InChI=1S/C21H12N2O/c1-4-10-16-13(7-1)20-19-15-9-3-6-12-18(15)24-21(19)14-8-2-5-11-17(14)23(20)22-16/h1-12H. The van der Waals surface area contributed by atoms with E-state index in [1.54, 1.807) is 0 Å². The summed E-state index contributed by atoms with van der Waals surface area (Å²) in [6, 6.07) is 24.8. The smallest absolute Gasteiger partial charge is 0.147 e. The summed E-state index contributed by atoms with van der Waals surface area (Å²) < 4.78 is 8.31. The van der Waals surface area contributed by atoms with E-state index in [0.29, 0.717) is 0 Å². The Hall–Kier alpha value is -3.33. The average molecular weight is 308 g/mol. The summed E-state index contributed by atoms with van der Waals surface area (Å²) in [6.45, 7) is 0. The molecule has 0 amide bonds. The topological polar surface area (TPSA) is 30.4 Å². The zero-order valence-electron chi connectivity index (χ0n) is 12.7. The van der Waals surface area contributed by atoms with E-state index < -0.39 is 0 Å². The first-order valence-corrected chi connectivity index (χ1v) is 8.01. The Balaban J connectivity index is 2.10. The summed E-state index contributed by atoms with van der Waals surface area (Å²) in [5, 5.41) is 9.36. The fourth-order valence-electron chi connectivity index (χ4n) is 3.77. The van der Waals surface area contributed by atoms with Gasteiger partial charge in [0.1, 0.15) is 11.2 Å². The molecule has 0 aliphatic heterocycles. The molecule has 6 aromatic rings. The molecule has 0 bridgehead atoms. The van der Waals surface area contributed by atoms with E-state index in [4.69, 9.17) is 9.52 Å². The number of furan rings is 1. The molecule has 0 saturated carbocycles. The molecule has 0 saturated heterocycles. The zero-order valence-corrected chi connectivity index (χ0v) is 12.7. The van der Waals surface area contributed by atoms with Gasteiger partial charge in [0, 0.05) is 16.2 Å². The Kier molecular flexibility index (Phi) is 2.10. The number of nitrogens with zero attached hydrogens (tertiary/aromatic N) is 2. The Labute approximate surface area is 136 Å². The molecule has 3 aromatic heterocycles. The van der Waals surface area contributed by atoms with Crippen LogP contribution in [0.3, 0.4) is 0 Å². The lowest BCUT2D eigenvalue weighted by Crippen LogP contribution is -1.90. The Morgan fingerprint density at radius 3 is 2.33 bits per heavy atom. The monoisotopic (exact) mass is 308 g/mol. The molecule has 6 rings (SSSR count). The molecule has 3 aromatic carbocycles. The lowest BCUT2D eigenvalue weighted by molar-refractivity contribution is 0.672. The molecule has 3 heterocycles. The number of pyridine rings is 1. The summed E-state index contributed by atoms with van der Waals surface area (Å²) in [7, 11) is 0. The van der Waals surface area contributed by atoms with Crippen LogP contribution in [-0.2, 0) is 0 Å². The van der Waals surface area contributed by atoms with Crippen molar-refractivity contribution in [3.8, 4) is 0 Å². The van der Waals surface area contributed by atoms with Crippen LogP contribution >= 0.6 is 0 Å². The van der Waals surface area contributed by atoms with Crippen molar-refractivity contribution in [1.82, 2.24) is 9.61 Å². The number of fused-ring (bicyclic) bond motifs is 10. The summed E-state index contributed by atoms with van der Waals surface area (Å²) in [6.07, 6.45) is 0. The Morgan fingerprint density at radius 1 is 0.708 bits per heavy atom. The van der Waals surface area contributed by atoms with Crippen molar-refractivity contribution in [1.29, 1.82) is 0 Å². The third kappa shape index (κ3) is 1.35. The van der Waals surface area contributed by atoms with E-state index in [-0.39, 0.29) is 0 Å². The first kappa shape index (κ1) is 12.1. The lowest BCUT2D eigenvalue weighted by Gasteiger charge is -2.03. The van der Waals surface area contributed by atoms with Crippen molar-refractivity contribution >= 4 is 49.3 Å². The molecule has 0 aliphatic carbocycles. The van der Waals surface area contributed by atoms with Gasteiger partial charge in [-0.2, -0.15) is 5.10 Å². The molecule has 0 radical (unpaired) electrons. The van der Waals surface area contributed by atoms with Gasteiger partial charge < -0.3 is 4.42 Å². The Morgan fingerprint density at radius 2 is 1.42 bits per heavy atom. The summed E-state index contributed by atoms with van der Waals surface area (Å²) in [5.74, 6) is 0. The van der Waals surface area contributed by atoms with Crippen LogP contribution in [0, 0.1) is 0 Å². The number of aromatic nitrogens is 2. The summed E-state index contributed by atoms with van der Waals surface area (Å²) in [5.41, 5.74) is 5.03. The van der Waals surface area contributed by atoms with E-state index in [9.17, 15) is 0 Å². The second kappa shape index (κ2) is 4.15. The molecule has 24 heavy (non-hydrogen) atoms. The number of hydrogen-bond donors (Lipinski definition) is 0. The van der Waals surface area contributed by atoms with Crippen LogP contribution in [0.5, 0.6) is 0 Å².